The fourth-order valence-corrected chi connectivity index (χ4v) is 1.34. The summed E-state index contributed by atoms with van der Waals surface area (Å²) in [5.74, 6) is 0.484. The van der Waals surface area contributed by atoms with Gasteiger partial charge in [0.2, 0.25) is 0 Å². The molecule has 0 aliphatic rings. The van der Waals surface area contributed by atoms with Crippen molar-refractivity contribution < 1.29 is 9.84 Å². The number of hydrazone groups is 1. The summed E-state index contributed by atoms with van der Waals surface area (Å²) >= 11 is 5.02. The van der Waals surface area contributed by atoms with Gasteiger partial charge in [-0.25, -0.2) is 0 Å². The number of phenolic OH excluding ortho intramolecular Hbond substituents is 1. The van der Waals surface area contributed by atoms with Gasteiger partial charge in [-0.15, -0.1) is 0 Å². The minimum atomic E-state index is 0.0891. The molecule has 0 saturated carbocycles. The van der Waals surface area contributed by atoms with Crippen molar-refractivity contribution in [2.45, 2.75) is 6.92 Å². The lowest BCUT2D eigenvalue weighted by atomic mass is 10.2. The minimum absolute atomic E-state index is 0.0891. The standard InChI is InChI=1S/C13H17N3O2S/c1-9(2)7-14-13(19)16-15-8-10-4-5-11(17)12(6-10)18-3/h4-6,8,17H,1,7H2,2-3H3,(H2,14,16,19). The second kappa shape index (κ2) is 7.38. The van der Waals surface area contributed by atoms with Crippen LogP contribution in [-0.4, -0.2) is 30.1 Å². The fourth-order valence-electron chi connectivity index (χ4n) is 1.21. The molecule has 1 rings (SSSR count). The molecule has 3 N–H and O–H groups in total. The van der Waals surface area contributed by atoms with Crippen LogP contribution in [0.4, 0.5) is 0 Å². The van der Waals surface area contributed by atoms with E-state index in [9.17, 15) is 5.11 Å². The second-order valence-electron chi connectivity index (χ2n) is 3.94. The van der Waals surface area contributed by atoms with Gasteiger partial charge < -0.3 is 15.2 Å². The molecule has 0 aliphatic carbocycles. The molecule has 0 atom stereocenters. The normalized spacial score (nSPS) is 10.2. The first kappa shape index (κ1) is 15.0. The predicted octanol–water partition coefficient (Wildman–Crippen LogP) is 1.77. The molecule has 0 spiro atoms. The van der Waals surface area contributed by atoms with Gasteiger partial charge in [0.05, 0.1) is 13.3 Å². The SMILES string of the molecule is C=C(C)CNC(=S)NN=Cc1ccc(O)c(OC)c1. The van der Waals surface area contributed by atoms with E-state index in [0.29, 0.717) is 17.4 Å². The van der Waals surface area contributed by atoms with Crippen molar-refractivity contribution >= 4 is 23.5 Å². The first-order valence-electron chi connectivity index (χ1n) is 5.61. The molecule has 19 heavy (non-hydrogen) atoms. The van der Waals surface area contributed by atoms with Gasteiger partial charge in [0.15, 0.2) is 16.6 Å². The van der Waals surface area contributed by atoms with Gasteiger partial charge >= 0.3 is 0 Å². The van der Waals surface area contributed by atoms with Gasteiger partial charge in [0.25, 0.3) is 0 Å². The van der Waals surface area contributed by atoms with Gasteiger partial charge in [-0.2, -0.15) is 5.10 Å². The van der Waals surface area contributed by atoms with E-state index >= 15 is 0 Å². The number of hydrogen-bond acceptors (Lipinski definition) is 4. The van der Waals surface area contributed by atoms with E-state index in [2.05, 4.69) is 22.4 Å². The summed E-state index contributed by atoms with van der Waals surface area (Å²) in [6, 6.07) is 4.93. The lowest BCUT2D eigenvalue weighted by Crippen LogP contribution is -2.32. The molecule has 0 saturated heterocycles. The van der Waals surface area contributed by atoms with Crippen LogP contribution in [0.1, 0.15) is 12.5 Å². The predicted molar refractivity (Wildman–Crippen MR) is 80.8 cm³/mol. The molecule has 0 amide bonds. The van der Waals surface area contributed by atoms with E-state index in [4.69, 9.17) is 17.0 Å². The number of phenols is 1. The third-order valence-electron chi connectivity index (χ3n) is 2.13. The molecule has 0 bridgehead atoms. The van der Waals surface area contributed by atoms with Crippen LogP contribution >= 0.6 is 12.2 Å². The molecule has 1 aromatic rings. The molecule has 0 aromatic heterocycles. The summed E-state index contributed by atoms with van der Waals surface area (Å²) < 4.78 is 5.00. The number of nitrogens with one attached hydrogen (secondary N) is 2. The minimum Gasteiger partial charge on any atom is -0.504 e. The van der Waals surface area contributed by atoms with Gasteiger partial charge in [-0.1, -0.05) is 12.2 Å². The zero-order valence-electron chi connectivity index (χ0n) is 10.9. The first-order chi connectivity index (χ1) is 9.02. The van der Waals surface area contributed by atoms with Crippen molar-refractivity contribution in [1.82, 2.24) is 10.7 Å². The molecule has 6 heteroatoms. The van der Waals surface area contributed by atoms with Crippen LogP contribution in [0, 0.1) is 0 Å². The molecule has 0 heterocycles. The summed E-state index contributed by atoms with van der Waals surface area (Å²) in [5.41, 5.74) is 4.45. The third-order valence-corrected chi connectivity index (χ3v) is 2.37. The molecule has 5 nitrogen and oxygen atoms in total. The Morgan fingerprint density at radius 3 is 2.95 bits per heavy atom. The Hall–Kier alpha value is -2.08. The summed E-state index contributed by atoms with van der Waals surface area (Å²) in [7, 11) is 1.49. The maximum absolute atomic E-state index is 9.45. The monoisotopic (exact) mass is 279 g/mol. The third kappa shape index (κ3) is 5.39. The Morgan fingerprint density at radius 1 is 1.58 bits per heavy atom. The van der Waals surface area contributed by atoms with E-state index < -0.39 is 0 Å². The van der Waals surface area contributed by atoms with Crippen LogP contribution in [0.3, 0.4) is 0 Å². The number of ether oxygens (including phenoxy) is 1. The van der Waals surface area contributed by atoms with Crippen molar-refractivity contribution in [1.29, 1.82) is 0 Å². The maximum Gasteiger partial charge on any atom is 0.187 e. The highest BCUT2D eigenvalue weighted by atomic mass is 32.1. The van der Waals surface area contributed by atoms with Crippen molar-refractivity contribution in [3.63, 3.8) is 0 Å². The second-order valence-corrected chi connectivity index (χ2v) is 4.35. The summed E-state index contributed by atoms with van der Waals surface area (Å²) in [4.78, 5) is 0. The lowest BCUT2D eigenvalue weighted by molar-refractivity contribution is 0.373. The average molecular weight is 279 g/mol. The smallest absolute Gasteiger partial charge is 0.187 e. The topological polar surface area (TPSA) is 65.9 Å². The molecule has 0 fully saturated rings. The average Bonchev–Trinajstić information content (AvgIpc) is 2.38. The number of nitrogens with zero attached hydrogens (tertiary/aromatic N) is 1. The quantitative estimate of drug-likeness (QED) is 0.332. The Kier molecular flexibility index (Phi) is 5.81. The Morgan fingerprint density at radius 2 is 2.32 bits per heavy atom. The summed E-state index contributed by atoms with van der Waals surface area (Å²) in [6.07, 6.45) is 1.58. The molecule has 102 valence electrons. The molecule has 0 aliphatic heterocycles. The highest BCUT2D eigenvalue weighted by Gasteiger charge is 2.00. The number of aromatic hydroxyl groups is 1. The fraction of sp³-hybridized carbons (Fsp3) is 0.231. The van der Waals surface area contributed by atoms with Crippen LogP contribution in [0.15, 0.2) is 35.5 Å². The van der Waals surface area contributed by atoms with Crippen LogP contribution < -0.4 is 15.5 Å². The van der Waals surface area contributed by atoms with Gasteiger partial charge in [0.1, 0.15) is 0 Å². The van der Waals surface area contributed by atoms with Gasteiger partial charge in [-0.3, -0.25) is 5.43 Å². The largest absolute Gasteiger partial charge is 0.504 e. The summed E-state index contributed by atoms with van der Waals surface area (Å²) in [6.45, 7) is 6.27. The van der Waals surface area contributed by atoms with Crippen LogP contribution in [0.5, 0.6) is 11.5 Å². The van der Waals surface area contributed by atoms with E-state index in [0.717, 1.165) is 11.1 Å². The number of thiocarbonyl (C=S) groups is 1. The summed E-state index contributed by atoms with van der Waals surface area (Å²) in [5, 5.41) is 16.8. The van der Waals surface area contributed by atoms with Crippen LogP contribution in [0.25, 0.3) is 0 Å². The van der Waals surface area contributed by atoms with E-state index in [-0.39, 0.29) is 5.75 Å². The lowest BCUT2D eigenvalue weighted by Gasteiger charge is -2.06. The molecular weight excluding hydrogens is 262 g/mol. The highest BCUT2D eigenvalue weighted by molar-refractivity contribution is 7.80. The number of rotatable bonds is 5. The molecule has 1 aromatic carbocycles. The van der Waals surface area contributed by atoms with Crippen LogP contribution in [0.2, 0.25) is 0 Å². The Balaban J connectivity index is 2.53. The van der Waals surface area contributed by atoms with Crippen molar-refractivity contribution in [3.05, 3.63) is 35.9 Å². The van der Waals surface area contributed by atoms with E-state index in [1.165, 1.54) is 13.2 Å². The van der Waals surface area contributed by atoms with Crippen molar-refractivity contribution in [2.75, 3.05) is 13.7 Å². The molecular formula is C13H17N3O2S. The number of hydrogen-bond donors (Lipinski definition) is 3. The Labute approximate surface area is 118 Å². The molecule has 0 radical (unpaired) electrons. The zero-order chi connectivity index (χ0) is 14.3. The van der Waals surface area contributed by atoms with Crippen LogP contribution in [-0.2, 0) is 0 Å². The van der Waals surface area contributed by atoms with Crippen molar-refractivity contribution in [3.8, 4) is 11.5 Å². The highest BCUT2D eigenvalue weighted by Crippen LogP contribution is 2.25. The van der Waals surface area contributed by atoms with E-state index in [1.54, 1.807) is 18.3 Å². The maximum atomic E-state index is 9.45. The van der Waals surface area contributed by atoms with Crippen molar-refractivity contribution in [2.24, 2.45) is 5.10 Å². The number of benzene rings is 1. The van der Waals surface area contributed by atoms with Gasteiger partial charge in [-0.05, 0) is 42.9 Å². The molecule has 0 unspecified atom stereocenters. The first-order valence-corrected chi connectivity index (χ1v) is 6.02. The number of methoxy groups -OCH3 is 1. The Bertz CT molecular complexity index is 501. The zero-order valence-corrected chi connectivity index (χ0v) is 11.8. The van der Waals surface area contributed by atoms with Gasteiger partial charge in [0, 0.05) is 6.54 Å². The van der Waals surface area contributed by atoms with E-state index in [1.807, 2.05) is 6.92 Å².